The van der Waals surface area contributed by atoms with E-state index in [1.54, 1.807) is 13.0 Å². The van der Waals surface area contributed by atoms with Crippen molar-refractivity contribution in [2.75, 3.05) is 24.7 Å². The van der Waals surface area contributed by atoms with Crippen LogP contribution < -0.4 is 5.32 Å². The van der Waals surface area contributed by atoms with E-state index in [0.717, 1.165) is 11.1 Å². The minimum atomic E-state index is -3.45. The van der Waals surface area contributed by atoms with E-state index in [9.17, 15) is 18.3 Å². The lowest BCUT2D eigenvalue weighted by Gasteiger charge is -2.14. The van der Waals surface area contributed by atoms with E-state index in [1.165, 1.54) is 28.4 Å². The Morgan fingerprint density at radius 3 is 2.81 bits per heavy atom. The summed E-state index contributed by atoms with van der Waals surface area (Å²) in [6.45, 7) is 2.59. The Labute approximate surface area is 160 Å². The number of nitrogens with zero attached hydrogens (tertiary/aromatic N) is 2. The van der Waals surface area contributed by atoms with E-state index in [2.05, 4.69) is 10.3 Å². The second-order valence-electron chi connectivity index (χ2n) is 6.17. The number of sulfone groups is 1. The molecule has 10 heteroatoms. The molecule has 2 heterocycles. The van der Waals surface area contributed by atoms with Gasteiger partial charge in [-0.1, -0.05) is 29.0 Å². The average molecular weight is 416 g/mol. The first-order valence-corrected chi connectivity index (χ1v) is 10.9. The van der Waals surface area contributed by atoms with Gasteiger partial charge in [-0.05, 0) is 31.0 Å². The molecule has 1 aromatic heterocycles. The van der Waals surface area contributed by atoms with Crippen molar-refractivity contribution >= 4 is 43.9 Å². The first-order valence-electron chi connectivity index (χ1n) is 7.86. The molecule has 26 heavy (non-hydrogen) atoms. The van der Waals surface area contributed by atoms with Gasteiger partial charge in [-0.15, -0.1) is 0 Å². The number of aromatic nitrogens is 1. The van der Waals surface area contributed by atoms with Crippen LogP contribution >= 0.6 is 22.9 Å². The molecular weight excluding hydrogens is 398 g/mol. The Bertz CT molecular complexity index is 958. The highest BCUT2D eigenvalue weighted by molar-refractivity contribution is 7.90. The van der Waals surface area contributed by atoms with E-state index in [1.807, 2.05) is 0 Å². The summed E-state index contributed by atoms with van der Waals surface area (Å²) in [5.74, 6) is 0. The van der Waals surface area contributed by atoms with E-state index in [0.29, 0.717) is 35.9 Å². The molecule has 140 valence electrons. The molecule has 0 unspecified atom stereocenters. The van der Waals surface area contributed by atoms with Gasteiger partial charge >= 0.3 is 6.03 Å². The molecule has 2 amide bonds. The molecule has 0 bridgehead atoms. The van der Waals surface area contributed by atoms with Crippen LogP contribution in [0.2, 0.25) is 5.02 Å². The number of anilines is 1. The van der Waals surface area contributed by atoms with Gasteiger partial charge in [0.15, 0.2) is 15.0 Å². The van der Waals surface area contributed by atoms with Gasteiger partial charge in [0, 0.05) is 19.3 Å². The van der Waals surface area contributed by atoms with E-state index >= 15 is 0 Å². The summed E-state index contributed by atoms with van der Waals surface area (Å²) >= 11 is 7.25. The number of benzene rings is 1. The Hall–Kier alpha value is -1.68. The number of hydrogen-bond acceptors (Lipinski definition) is 6. The Balaban J connectivity index is 1.86. The van der Waals surface area contributed by atoms with Gasteiger partial charge in [0.2, 0.25) is 0 Å². The number of carbonyl (C=O) groups is 1. The van der Waals surface area contributed by atoms with Crippen LogP contribution in [0.25, 0.3) is 10.4 Å². The molecule has 2 aromatic rings. The van der Waals surface area contributed by atoms with Crippen molar-refractivity contribution in [3.05, 3.63) is 28.9 Å². The Kier molecular flexibility index (Phi) is 5.25. The van der Waals surface area contributed by atoms with E-state index in [4.69, 9.17) is 11.6 Å². The zero-order valence-corrected chi connectivity index (χ0v) is 16.6. The number of rotatable bonds is 3. The summed E-state index contributed by atoms with van der Waals surface area (Å²) in [5, 5.41) is 12.8. The topological polar surface area (TPSA) is 99.6 Å². The molecule has 0 radical (unpaired) electrons. The van der Waals surface area contributed by atoms with Crippen LogP contribution in [0.15, 0.2) is 23.1 Å². The molecular formula is C16H18ClN3O4S2. The van der Waals surface area contributed by atoms with Crippen molar-refractivity contribution in [2.24, 2.45) is 0 Å². The molecule has 2 N–H and O–H groups in total. The fraction of sp³-hybridized carbons (Fsp3) is 0.375. The summed E-state index contributed by atoms with van der Waals surface area (Å²) in [5.41, 5.74) is 1.34. The summed E-state index contributed by atoms with van der Waals surface area (Å²) in [6.07, 6.45) is 1.18. The minimum absolute atomic E-state index is 0.0566. The number of aliphatic hydroxyl groups excluding tert-OH is 1. The number of amides is 2. The number of β-amino-alcohol motifs (C(OH)–C–C–N with tert-alkyl or cyclic N) is 1. The number of carbonyl (C=O) groups excluding carboxylic acids is 1. The highest BCUT2D eigenvalue weighted by Crippen LogP contribution is 2.35. The number of thiazole rings is 1. The zero-order valence-electron chi connectivity index (χ0n) is 14.2. The fourth-order valence-corrected chi connectivity index (χ4v) is 5.00. The lowest BCUT2D eigenvalue weighted by Crippen LogP contribution is -2.33. The predicted octanol–water partition coefficient (Wildman–Crippen LogP) is 2.77. The van der Waals surface area contributed by atoms with Crippen LogP contribution in [-0.4, -0.2) is 54.9 Å². The van der Waals surface area contributed by atoms with Gasteiger partial charge in [0.05, 0.1) is 26.6 Å². The average Bonchev–Trinajstić information content (AvgIpc) is 3.13. The maximum absolute atomic E-state index is 12.2. The molecule has 1 aliphatic rings. The van der Waals surface area contributed by atoms with Crippen LogP contribution in [0.3, 0.4) is 0 Å². The van der Waals surface area contributed by atoms with Gasteiger partial charge in [0.1, 0.15) is 0 Å². The number of hydrogen-bond donors (Lipinski definition) is 2. The number of aliphatic hydroxyl groups is 1. The van der Waals surface area contributed by atoms with Crippen molar-refractivity contribution in [2.45, 2.75) is 24.3 Å². The Morgan fingerprint density at radius 1 is 1.46 bits per heavy atom. The van der Waals surface area contributed by atoms with Crippen molar-refractivity contribution in [3.8, 4) is 10.4 Å². The van der Waals surface area contributed by atoms with Crippen molar-refractivity contribution < 1.29 is 18.3 Å². The quantitative estimate of drug-likeness (QED) is 0.802. The largest absolute Gasteiger partial charge is 0.391 e. The van der Waals surface area contributed by atoms with Crippen LogP contribution in [0.5, 0.6) is 0 Å². The highest BCUT2D eigenvalue weighted by Gasteiger charge is 2.25. The lowest BCUT2D eigenvalue weighted by atomic mass is 10.2. The number of aryl methyl sites for hydroxylation is 1. The normalized spacial score (nSPS) is 17.5. The minimum Gasteiger partial charge on any atom is -0.391 e. The second-order valence-corrected chi connectivity index (χ2v) is 9.56. The maximum Gasteiger partial charge on any atom is 0.323 e. The molecule has 3 rings (SSSR count). The first kappa shape index (κ1) is 19.1. The smallest absolute Gasteiger partial charge is 0.323 e. The number of urea groups is 1. The summed E-state index contributed by atoms with van der Waals surface area (Å²) in [7, 11) is -3.45. The third-order valence-corrected chi connectivity index (χ3v) is 6.75. The highest BCUT2D eigenvalue weighted by atomic mass is 35.5. The monoisotopic (exact) mass is 415 g/mol. The summed E-state index contributed by atoms with van der Waals surface area (Å²) in [4.78, 5) is 18.9. The molecule has 1 atom stereocenters. The van der Waals surface area contributed by atoms with Crippen LogP contribution in [0, 0.1) is 6.92 Å². The molecule has 1 aliphatic heterocycles. The van der Waals surface area contributed by atoms with E-state index in [-0.39, 0.29) is 15.9 Å². The standard InChI is InChI=1S/C16H18ClN3O4S2/c1-9-14(10-3-4-12(17)13(7-10)26(2,23)24)25-15(18-9)19-16(22)20-6-5-11(21)8-20/h3-4,7,11,21H,5-6,8H2,1-2H3,(H,18,19,22)/t11-/m1/s1. The molecule has 7 nitrogen and oxygen atoms in total. The molecule has 0 aliphatic carbocycles. The fourth-order valence-electron chi connectivity index (χ4n) is 2.74. The third kappa shape index (κ3) is 4.01. The first-order chi connectivity index (χ1) is 12.1. The lowest BCUT2D eigenvalue weighted by molar-refractivity contribution is 0.176. The molecule has 1 fully saturated rings. The van der Waals surface area contributed by atoms with Crippen molar-refractivity contribution in [3.63, 3.8) is 0 Å². The van der Waals surface area contributed by atoms with E-state index < -0.39 is 15.9 Å². The predicted molar refractivity (Wildman–Crippen MR) is 102 cm³/mol. The molecule has 1 aromatic carbocycles. The van der Waals surface area contributed by atoms with Crippen LogP contribution in [-0.2, 0) is 9.84 Å². The van der Waals surface area contributed by atoms with Crippen LogP contribution in [0.1, 0.15) is 12.1 Å². The molecule has 0 saturated carbocycles. The van der Waals surface area contributed by atoms with Crippen molar-refractivity contribution in [1.82, 2.24) is 9.88 Å². The molecule has 0 spiro atoms. The van der Waals surface area contributed by atoms with Crippen LogP contribution in [0.4, 0.5) is 9.93 Å². The third-order valence-electron chi connectivity index (χ3n) is 4.05. The van der Waals surface area contributed by atoms with Crippen molar-refractivity contribution in [1.29, 1.82) is 0 Å². The van der Waals surface area contributed by atoms with Gasteiger partial charge in [0.25, 0.3) is 0 Å². The number of nitrogens with one attached hydrogen (secondary N) is 1. The van der Waals surface area contributed by atoms with Gasteiger partial charge < -0.3 is 10.0 Å². The van der Waals surface area contributed by atoms with Gasteiger partial charge in [-0.2, -0.15) is 0 Å². The summed E-state index contributed by atoms with van der Waals surface area (Å²) in [6, 6.07) is 4.46. The second kappa shape index (κ2) is 7.15. The van der Waals surface area contributed by atoms with Gasteiger partial charge in [-0.3, -0.25) is 5.32 Å². The molecule has 1 saturated heterocycles. The zero-order chi connectivity index (χ0) is 19.1. The number of halogens is 1. The van der Waals surface area contributed by atoms with Gasteiger partial charge in [-0.25, -0.2) is 18.2 Å². The summed E-state index contributed by atoms with van der Waals surface area (Å²) < 4.78 is 23.7. The number of likely N-dealkylation sites (tertiary alicyclic amines) is 1. The maximum atomic E-state index is 12.2. The SMILES string of the molecule is Cc1nc(NC(=O)N2CC[C@@H](O)C2)sc1-c1ccc(Cl)c(S(C)(=O)=O)c1. The Morgan fingerprint density at radius 2 is 2.19 bits per heavy atom.